The second kappa shape index (κ2) is 21.1. The minimum Gasteiger partial charge on any atom is -0.460 e. The highest BCUT2D eigenvalue weighted by molar-refractivity contribution is 6.37. The number of rotatable bonds is 14. The Hall–Kier alpha value is -4.17. The second-order valence-electron chi connectivity index (χ2n) is 16.1. The third-order valence-corrected chi connectivity index (χ3v) is 9.17. The first-order valence-corrected chi connectivity index (χ1v) is 18.9. The summed E-state index contributed by atoms with van der Waals surface area (Å²) in [5.41, 5.74) is 5.26. The summed E-state index contributed by atoms with van der Waals surface area (Å²) in [6.45, 7) is 13.9. The summed E-state index contributed by atoms with van der Waals surface area (Å²) >= 11 is 0. The molecule has 1 heterocycles. The normalized spacial score (nSPS) is 19.2. The molecule has 0 aromatic heterocycles. The van der Waals surface area contributed by atoms with Crippen LogP contribution in [0.2, 0.25) is 0 Å². The van der Waals surface area contributed by atoms with Crippen molar-refractivity contribution in [1.29, 1.82) is 0 Å². The van der Waals surface area contributed by atoms with E-state index in [4.69, 9.17) is 10.5 Å². The van der Waals surface area contributed by atoms with Gasteiger partial charge >= 0.3 is 18.2 Å². The van der Waals surface area contributed by atoms with E-state index in [1.165, 1.54) is 17.7 Å². The van der Waals surface area contributed by atoms with Crippen LogP contribution in [0.5, 0.6) is 0 Å². The number of esters is 1. The van der Waals surface area contributed by atoms with Crippen molar-refractivity contribution in [3.8, 4) is 0 Å². The van der Waals surface area contributed by atoms with E-state index >= 15 is 0 Å². The highest BCUT2D eigenvalue weighted by Gasteiger charge is 2.47. The SMILES string of the molecule is CC1CC(C(=O)NC(CC2CC2)C(=O)C(N)=O)N(C(=O)C(NC(=O)NCC(=O)OCc2ccccc2)C(C)(C)C)C1.CCCC(C)C.FC(F)(F)C1CC1. The molecule has 304 valence electrons. The first-order valence-electron chi connectivity index (χ1n) is 18.9. The first-order chi connectivity index (χ1) is 25.1. The minimum absolute atomic E-state index is 0.0164. The number of ether oxygens (including phenoxy) is 1. The summed E-state index contributed by atoms with van der Waals surface area (Å²) in [5, 5.41) is 7.73. The maximum atomic E-state index is 13.8. The molecule has 4 atom stereocenters. The van der Waals surface area contributed by atoms with E-state index in [9.17, 15) is 41.9 Å². The fraction of sp³-hybridized carbons (Fsp3) is 0.692. The molecule has 0 radical (unpaired) electrons. The molecule has 3 aliphatic rings. The number of benzene rings is 1. The van der Waals surface area contributed by atoms with Gasteiger partial charge in [0.1, 0.15) is 25.2 Å². The average Bonchev–Trinajstić information content (AvgIpc) is 4.02. The molecule has 5 N–H and O–H groups in total. The van der Waals surface area contributed by atoms with Crippen LogP contribution in [0.25, 0.3) is 0 Å². The smallest absolute Gasteiger partial charge is 0.391 e. The monoisotopic (exact) mass is 767 g/mol. The van der Waals surface area contributed by atoms with Gasteiger partial charge in [-0.3, -0.25) is 24.0 Å². The van der Waals surface area contributed by atoms with E-state index in [-0.39, 0.29) is 25.0 Å². The zero-order valence-corrected chi connectivity index (χ0v) is 32.7. The number of likely N-dealkylation sites (tertiary alicyclic amines) is 1. The van der Waals surface area contributed by atoms with Crippen LogP contribution in [0.1, 0.15) is 105 Å². The topological polar surface area (TPSA) is 177 Å². The van der Waals surface area contributed by atoms with E-state index in [1.54, 1.807) is 20.8 Å². The Labute approximate surface area is 317 Å². The molecule has 15 heteroatoms. The van der Waals surface area contributed by atoms with Crippen molar-refractivity contribution in [2.75, 3.05) is 13.1 Å². The van der Waals surface area contributed by atoms with Gasteiger partial charge in [0.15, 0.2) is 0 Å². The number of carbonyl (C=O) groups excluding carboxylic acids is 6. The Balaban J connectivity index is 0.000000653. The lowest BCUT2D eigenvalue weighted by Crippen LogP contribution is -2.60. The molecule has 1 saturated heterocycles. The second-order valence-corrected chi connectivity index (χ2v) is 16.1. The number of ketones is 1. The van der Waals surface area contributed by atoms with Gasteiger partial charge in [-0.25, -0.2) is 4.79 Å². The van der Waals surface area contributed by atoms with Gasteiger partial charge in [0.05, 0.1) is 12.0 Å². The predicted octanol–water partition coefficient (Wildman–Crippen LogP) is 5.42. The summed E-state index contributed by atoms with van der Waals surface area (Å²) in [4.78, 5) is 77.2. The van der Waals surface area contributed by atoms with E-state index in [0.717, 1.165) is 24.3 Å². The molecular formula is C39H60F3N5O7. The van der Waals surface area contributed by atoms with Crippen molar-refractivity contribution in [1.82, 2.24) is 20.9 Å². The molecule has 1 aliphatic heterocycles. The van der Waals surface area contributed by atoms with Gasteiger partial charge in [0.25, 0.3) is 5.91 Å². The molecule has 5 amide bonds. The van der Waals surface area contributed by atoms with Crippen molar-refractivity contribution in [2.24, 2.45) is 34.8 Å². The van der Waals surface area contributed by atoms with Crippen LogP contribution >= 0.6 is 0 Å². The summed E-state index contributed by atoms with van der Waals surface area (Å²) in [5.74, 6) is -3.45. The number of carbonyl (C=O) groups is 6. The van der Waals surface area contributed by atoms with Crippen LogP contribution in [0.4, 0.5) is 18.0 Å². The summed E-state index contributed by atoms with van der Waals surface area (Å²) in [6, 6.07) is 5.41. The molecule has 1 aromatic carbocycles. The van der Waals surface area contributed by atoms with E-state index < -0.39 is 77.7 Å². The van der Waals surface area contributed by atoms with Crippen LogP contribution in [0, 0.1) is 29.1 Å². The predicted molar refractivity (Wildman–Crippen MR) is 197 cm³/mol. The fourth-order valence-electron chi connectivity index (χ4n) is 5.82. The maximum Gasteiger partial charge on any atom is 0.391 e. The van der Waals surface area contributed by atoms with Crippen LogP contribution in [-0.2, 0) is 35.3 Å². The van der Waals surface area contributed by atoms with Gasteiger partial charge in [0, 0.05) is 6.54 Å². The third-order valence-electron chi connectivity index (χ3n) is 9.17. The number of nitrogens with two attached hydrogens (primary N) is 1. The van der Waals surface area contributed by atoms with Crippen LogP contribution in [0.15, 0.2) is 30.3 Å². The number of urea groups is 1. The molecule has 4 unspecified atom stereocenters. The lowest BCUT2D eigenvalue weighted by molar-refractivity contribution is -0.147. The number of primary amides is 1. The average molecular weight is 768 g/mol. The van der Waals surface area contributed by atoms with Gasteiger partial charge < -0.3 is 31.3 Å². The van der Waals surface area contributed by atoms with Gasteiger partial charge in [-0.2, -0.15) is 13.2 Å². The lowest BCUT2D eigenvalue weighted by atomic mass is 9.85. The molecule has 0 bridgehead atoms. The van der Waals surface area contributed by atoms with Crippen molar-refractivity contribution >= 4 is 35.5 Å². The summed E-state index contributed by atoms with van der Waals surface area (Å²) in [6.07, 6.45) is 2.02. The maximum absolute atomic E-state index is 13.8. The molecule has 2 saturated carbocycles. The van der Waals surface area contributed by atoms with Gasteiger partial charge in [-0.15, -0.1) is 0 Å². The number of hydrogen-bond acceptors (Lipinski definition) is 7. The largest absolute Gasteiger partial charge is 0.460 e. The Kier molecular flexibility index (Phi) is 17.9. The van der Waals surface area contributed by atoms with Gasteiger partial charge in [-0.1, -0.05) is 104 Å². The molecule has 12 nitrogen and oxygen atoms in total. The number of halogens is 3. The number of nitrogens with zero attached hydrogens (tertiary/aromatic N) is 1. The molecule has 54 heavy (non-hydrogen) atoms. The minimum atomic E-state index is -3.89. The molecule has 4 rings (SSSR count). The zero-order valence-electron chi connectivity index (χ0n) is 32.7. The fourth-order valence-corrected chi connectivity index (χ4v) is 5.82. The Morgan fingerprint density at radius 1 is 0.963 bits per heavy atom. The molecule has 0 spiro atoms. The zero-order chi connectivity index (χ0) is 40.8. The third kappa shape index (κ3) is 16.9. The van der Waals surface area contributed by atoms with Crippen molar-refractivity contribution in [3.63, 3.8) is 0 Å². The molecular weight excluding hydrogens is 707 g/mol. The number of hydrogen-bond donors (Lipinski definition) is 4. The highest BCUT2D eigenvalue weighted by Crippen LogP contribution is 2.43. The van der Waals surface area contributed by atoms with Crippen molar-refractivity contribution < 1.29 is 46.7 Å². The lowest BCUT2D eigenvalue weighted by Gasteiger charge is -2.35. The highest BCUT2D eigenvalue weighted by atomic mass is 19.4. The van der Waals surface area contributed by atoms with Gasteiger partial charge in [-0.05, 0) is 54.4 Å². The van der Waals surface area contributed by atoms with E-state index in [1.807, 2.05) is 37.3 Å². The van der Waals surface area contributed by atoms with Crippen LogP contribution in [0.3, 0.4) is 0 Å². The quantitative estimate of drug-likeness (QED) is 0.144. The van der Waals surface area contributed by atoms with E-state index in [0.29, 0.717) is 25.7 Å². The van der Waals surface area contributed by atoms with E-state index in [2.05, 4.69) is 36.7 Å². The molecule has 3 fully saturated rings. The molecule has 1 aromatic rings. The van der Waals surface area contributed by atoms with Crippen LogP contribution in [-0.4, -0.2) is 77.8 Å². The summed E-state index contributed by atoms with van der Waals surface area (Å²) in [7, 11) is 0. The molecule has 2 aliphatic carbocycles. The first kappa shape index (κ1) is 46.0. The van der Waals surface area contributed by atoms with Crippen LogP contribution < -0.4 is 21.7 Å². The Bertz CT molecular complexity index is 1410. The number of Topliss-reactive ketones (excluding diaryl/α,β-unsaturated/α-hetero) is 1. The number of amides is 5. The number of alkyl halides is 3. The number of nitrogens with one attached hydrogen (secondary N) is 3. The summed E-state index contributed by atoms with van der Waals surface area (Å²) < 4.78 is 38.9. The van der Waals surface area contributed by atoms with Crippen molar-refractivity contribution in [3.05, 3.63) is 35.9 Å². The standard InChI is InChI=1S/C29H41N5O7.C6H14.C4H5F3/c1-17-12-21(26(38)32-20(13-18-10-11-18)23(36)25(30)37)34(15-17)27(39)24(29(2,3)4)33-28(40)31-14-22(35)41-16-19-8-6-5-7-9-19;1-4-5-6(2)3;5-4(6,7)3-1-2-3/h5-9,17-18,20-21,24H,10-16H2,1-4H3,(H2,30,37)(H,32,38)(H2,31,33,40);6H,4-5H2,1-3H3;3H,1-2H2. The van der Waals surface area contributed by atoms with Gasteiger partial charge in [0.2, 0.25) is 17.6 Å². The van der Waals surface area contributed by atoms with Crippen molar-refractivity contribution in [2.45, 2.75) is 131 Å². The Morgan fingerprint density at radius 3 is 2.02 bits per heavy atom. The Morgan fingerprint density at radius 2 is 1.57 bits per heavy atom.